The van der Waals surface area contributed by atoms with Crippen LogP contribution in [0.2, 0.25) is 5.28 Å². The van der Waals surface area contributed by atoms with Gasteiger partial charge in [0.2, 0.25) is 0 Å². The van der Waals surface area contributed by atoms with Crippen molar-refractivity contribution in [1.82, 2.24) is 19.5 Å². The number of hydrogen-bond donors (Lipinski definition) is 2. The van der Waals surface area contributed by atoms with Gasteiger partial charge in [-0.15, -0.1) is 0 Å². The lowest BCUT2D eigenvalue weighted by Gasteiger charge is -2.38. The van der Waals surface area contributed by atoms with Gasteiger partial charge in [-0.25, -0.2) is 5.01 Å². The first-order chi connectivity index (χ1) is 14.4. The molecule has 3 rings (SSSR count). The molecule has 170 valence electrons. The Balaban J connectivity index is 1.49. The van der Waals surface area contributed by atoms with Gasteiger partial charge < -0.3 is 20.6 Å². The normalized spacial score (nSPS) is 18.0. The smallest absolute Gasteiger partial charge is 0.387 e. The van der Waals surface area contributed by atoms with E-state index in [1.165, 1.54) is 22.9 Å². The lowest BCUT2D eigenvalue weighted by Crippen LogP contribution is -2.53. The number of benzene rings is 1. The fraction of sp³-hybridized carbons (Fsp3) is 0.500. The average molecular weight is 463 g/mol. The van der Waals surface area contributed by atoms with Crippen LogP contribution >= 0.6 is 11.6 Å². The van der Waals surface area contributed by atoms with Crippen molar-refractivity contribution < 1.29 is 23.2 Å². The second-order valence-electron chi connectivity index (χ2n) is 7.70. The molecule has 31 heavy (non-hydrogen) atoms. The molecular formula is C18H22ClF3N6O3. The molecule has 1 atom stereocenters. The fourth-order valence-corrected chi connectivity index (χ4v) is 3.61. The quantitative estimate of drug-likeness (QED) is 0.482. The number of nitrogens with one attached hydrogen (secondary N) is 1. The monoisotopic (exact) mass is 462 g/mol. The largest absolute Gasteiger partial charge is 0.416 e. The third kappa shape index (κ3) is 6.29. The molecule has 9 nitrogen and oxygen atoms in total. The van der Waals surface area contributed by atoms with Gasteiger partial charge in [0.1, 0.15) is 6.20 Å². The molecule has 1 aliphatic rings. The number of hydrazine groups is 1. The number of nitrogens with zero attached hydrogens (tertiary/aromatic N) is 5. The summed E-state index contributed by atoms with van der Waals surface area (Å²) in [6.07, 6.45) is -3.18. The van der Waals surface area contributed by atoms with E-state index in [0.29, 0.717) is 38.4 Å². The maximum Gasteiger partial charge on any atom is 0.416 e. The molecule has 13 heteroatoms. The zero-order chi connectivity index (χ0) is 22.8. The maximum atomic E-state index is 12.7. The first kappa shape index (κ1) is 23.3. The second-order valence-corrected chi connectivity index (χ2v) is 8.04. The van der Waals surface area contributed by atoms with Crippen LogP contribution in [0.15, 0.2) is 30.5 Å². The van der Waals surface area contributed by atoms with Gasteiger partial charge >= 0.3 is 17.3 Å². The van der Waals surface area contributed by atoms with E-state index in [1.807, 2.05) is 9.91 Å². The SMILES string of the molecule is C[C@](O)(CN1CCN(Nc2ccc(C(F)(F)F)cc2)CC1)Cn1cc([N+](=O)[O-])nc1Cl. The molecule has 0 aliphatic carbocycles. The summed E-state index contributed by atoms with van der Waals surface area (Å²) in [5.74, 6) is -0.385. The minimum Gasteiger partial charge on any atom is -0.387 e. The summed E-state index contributed by atoms with van der Waals surface area (Å²) >= 11 is 5.91. The first-order valence-electron chi connectivity index (χ1n) is 9.44. The Kier molecular flexibility index (Phi) is 6.74. The van der Waals surface area contributed by atoms with E-state index >= 15 is 0 Å². The molecule has 1 saturated heterocycles. The van der Waals surface area contributed by atoms with E-state index in [-0.39, 0.29) is 17.6 Å². The molecule has 2 N–H and O–H groups in total. The molecule has 1 aliphatic heterocycles. The van der Waals surface area contributed by atoms with E-state index in [0.717, 1.165) is 12.1 Å². The highest BCUT2D eigenvalue weighted by atomic mass is 35.5. The van der Waals surface area contributed by atoms with Crippen molar-refractivity contribution >= 4 is 23.1 Å². The number of aliphatic hydroxyl groups is 1. The number of nitro groups is 1. The maximum absolute atomic E-state index is 12.7. The van der Waals surface area contributed by atoms with E-state index in [2.05, 4.69) is 10.4 Å². The summed E-state index contributed by atoms with van der Waals surface area (Å²) in [5.41, 5.74) is 1.74. The summed E-state index contributed by atoms with van der Waals surface area (Å²) in [5, 5.41) is 23.4. The van der Waals surface area contributed by atoms with E-state index < -0.39 is 22.3 Å². The molecule has 1 aromatic carbocycles. The van der Waals surface area contributed by atoms with Crippen LogP contribution in [-0.2, 0) is 12.7 Å². The van der Waals surface area contributed by atoms with Crippen LogP contribution in [0.1, 0.15) is 12.5 Å². The number of alkyl halides is 3. The standard InChI is InChI=1S/C18H22ClF3N6O3/c1-17(29,12-26-10-15(28(30)31)23-16(26)19)11-25-6-8-27(9-7-25)24-14-4-2-13(3-5-14)18(20,21)22/h2-5,10,24,29H,6-9,11-12H2,1H3/t17-/m0/s1. The number of anilines is 1. The molecule has 0 bridgehead atoms. The van der Waals surface area contributed by atoms with Gasteiger partial charge in [0.15, 0.2) is 0 Å². The number of hydrogen-bond acceptors (Lipinski definition) is 7. The van der Waals surface area contributed by atoms with Gasteiger partial charge in [-0.05, 0) is 52.7 Å². The topological polar surface area (TPSA) is 99.7 Å². The van der Waals surface area contributed by atoms with Crippen molar-refractivity contribution in [3.63, 3.8) is 0 Å². The van der Waals surface area contributed by atoms with E-state index in [4.69, 9.17) is 11.6 Å². The Bertz CT molecular complexity index is 911. The minimum atomic E-state index is -4.37. The fourth-order valence-electron chi connectivity index (χ4n) is 3.41. The van der Waals surface area contributed by atoms with Crippen LogP contribution in [0.3, 0.4) is 0 Å². The van der Waals surface area contributed by atoms with Crippen LogP contribution in [0.4, 0.5) is 24.7 Å². The highest BCUT2D eigenvalue weighted by molar-refractivity contribution is 6.28. The Morgan fingerprint density at radius 3 is 2.32 bits per heavy atom. The molecule has 0 saturated carbocycles. The number of imidazole rings is 1. The molecule has 0 radical (unpaired) electrons. The lowest BCUT2D eigenvalue weighted by atomic mass is 10.1. The number of piperazine rings is 1. The summed E-state index contributed by atoms with van der Waals surface area (Å²) in [6, 6.07) is 4.82. The van der Waals surface area contributed by atoms with Gasteiger partial charge in [-0.1, -0.05) is 0 Å². The summed E-state index contributed by atoms with van der Waals surface area (Å²) in [4.78, 5) is 15.8. The van der Waals surface area contributed by atoms with Crippen LogP contribution < -0.4 is 5.43 Å². The predicted octanol–water partition coefficient (Wildman–Crippen LogP) is 2.86. The molecule has 1 aromatic heterocycles. The zero-order valence-corrected chi connectivity index (χ0v) is 17.4. The van der Waals surface area contributed by atoms with Crippen LogP contribution in [0, 0.1) is 10.1 Å². The van der Waals surface area contributed by atoms with Crippen LogP contribution in [-0.4, -0.2) is 67.8 Å². The zero-order valence-electron chi connectivity index (χ0n) is 16.6. The van der Waals surface area contributed by atoms with Crippen molar-refractivity contribution in [2.45, 2.75) is 25.2 Å². The highest BCUT2D eigenvalue weighted by Crippen LogP contribution is 2.30. The molecule has 0 unspecified atom stereocenters. The molecule has 0 amide bonds. The van der Waals surface area contributed by atoms with Gasteiger partial charge in [-0.2, -0.15) is 13.2 Å². The van der Waals surface area contributed by atoms with Gasteiger partial charge in [0.05, 0.1) is 17.7 Å². The van der Waals surface area contributed by atoms with Gasteiger partial charge in [0, 0.05) is 38.4 Å². The number of halogens is 4. The molecular weight excluding hydrogens is 441 g/mol. The van der Waals surface area contributed by atoms with Crippen molar-refractivity contribution in [3.05, 3.63) is 51.4 Å². The Morgan fingerprint density at radius 2 is 1.81 bits per heavy atom. The Morgan fingerprint density at radius 1 is 1.19 bits per heavy atom. The molecule has 2 aromatic rings. The van der Waals surface area contributed by atoms with Gasteiger partial charge in [0.25, 0.3) is 0 Å². The number of β-amino-alcohol motifs (C(OH)–C–C–N with tert-alkyl or cyclic N) is 1. The summed E-state index contributed by atoms with van der Waals surface area (Å²) in [6.45, 7) is 4.37. The van der Waals surface area contributed by atoms with Crippen molar-refractivity contribution in [1.29, 1.82) is 0 Å². The van der Waals surface area contributed by atoms with Gasteiger partial charge in [-0.3, -0.25) is 9.47 Å². The predicted molar refractivity (Wildman–Crippen MR) is 108 cm³/mol. The first-order valence-corrected chi connectivity index (χ1v) is 9.81. The number of aromatic nitrogens is 2. The Hall–Kier alpha value is -2.41. The highest BCUT2D eigenvalue weighted by Gasteiger charge is 2.31. The minimum absolute atomic E-state index is 0.0384. The second kappa shape index (κ2) is 8.99. The van der Waals surface area contributed by atoms with Crippen molar-refractivity contribution in [2.24, 2.45) is 0 Å². The third-order valence-corrected chi connectivity index (χ3v) is 5.15. The summed E-state index contributed by atoms with van der Waals surface area (Å²) in [7, 11) is 0. The van der Waals surface area contributed by atoms with E-state index in [1.54, 1.807) is 6.92 Å². The van der Waals surface area contributed by atoms with Crippen molar-refractivity contribution in [2.75, 3.05) is 38.1 Å². The number of rotatable bonds is 7. The Labute approximate surface area is 181 Å². The van der Waals surface area contributed by atoms with Crippen molar-refractivity contribution in [3.8, 4) is 0 Å². The molecule has 1 fully saturated rings. The molecule has 0 spiro atoms. The average Bonchev–Trinajstić information content (AvgIpc) is 3.03. The lowest BCUT2D eigenvalue weighted by molar-refractivity contribution is -0.389. The van der Waals surface area contributed by atoms with Crippen LogP contribution in [0.25, 0.3) is 0 Å². The third-order valence-electron chi connectivity index (χ3n) is 4.85. The van der Waals surface area contributed by atoms with Crippen LogP contribution in [0.5, 0.6) is 0 Å². The summed E-state index contributed by atoms with van der Waals surface area (Å²) < 4.78 is 39.3. The molecule has 2 heterocycles. The van der Waals surface area contributed by atoms with E-state index in [9.17, 15) is 28.4 Å².